The quantitative estimate of drug-likeness (QED) is 0.0334. The number of thiol groups is 2. The van der Waals surface area contributed by atoms with Crippen molar-refractivity contribution in [2.45, 2.75) is 0 Å². The molecule has 0 heterocycles. The number of halogens is 2. The van der Waals surface area contributed by atoms with E-state index >= 15 is 0 Å². The summed E-state index contributed by atoms with van der Waals surface area (Å²) in [6, 6.07) is 87.7. The molecule has 8 rings (SSSR count). The topological polar surface area (TPSA) is 69.7 Å². The Labute approximate surface area is 459 Å². The second kappa shape index (κ2) is 33.6. The number of benzene rings is 8. The molecule has 0 amide bonds. The summed E-state index contributed by atoms with van der Waals surface area (Å²) in [5.41, 5.74) is 0. The van der Waals surface area contributed by atoms with Gasteiger partial charge in [-0.3, -0.25) is 0 Å². The first-order valence-electron chi connectivity index (χ1n) is 20.3. The van der Waals surface area contributed by atoms with Crippen molar-refractivity contribution in [3.63, 3.8) is 0 Å². The van der Waals surface area contributed by atoms with Gasteiger partial charge in [0.15, 0.2) is 0 Å². The van der Waals surface area contributed by atoms with Gasteiger partial charge in [-0.15, -0.1) is 9.81 Å². The van der Waals surface area contributed by atoms with Gasteiger partial charge in [0.05, 0.1) is 14.2 Å². The first-order valence-corrected chi connectivity index (χ1v) is 28.9. The van der Waals surface area contributed by atoms with Crippen LogP contribution in [0.4, 0.5) is 0 Å². The second-order valence-electron chi connectivity index (χ2n) is 13.7. The van der Waals surface area contributed by atoms with Crippen LogP contribution in [0, 0.1) is 0 Å². The van der Waals surface area contributed by atoms with Gasteiger partial charge in [0.1, 0.15) is 57.0 Å². The van der Waals surface area contributed by atoms with Crippen LogP contribution in [-0.4, -0.2) is 26.2 Å². The van der Waals surface area contributed by atoms with Crippen molar-refractivity contribution in [2.24, 2.45) is 0 Å². The number of hydrogen-bond donors (Lipinski definition) is 0. The van der Waals surface area contributed by atoms with Crippen molar-refractivity contribution in [2.75, 3.05) is 14.2 Å². The van der Waals surface area contributed by atoms with Crippen LogP contribution in [-0.2, 0) is 108 Å². The molecule has 0 unspecified atom stereocenters. The molecule has 0 radical (unpaired) electrons. The number of carbonyl (C=O) groups is 2. The Kier molecular flexibility index (Phi) is 29.8. The molecule has 69 heavy (non-hydrogen) atoms. The fourth-order valence-electron chi connectivity index (χ4n) is 7.37. The summed E-state index contributed by atoms with van der Waals surface area (Å²) >= 11 is 9.58. The molecule has 0 aromatic heterocycles. The van der Waals surface area contributed by atoms with Crippen molar-refractivity contribution in [1.29, 1.82) is 0 Å². The summed E-state index contributed by atoms with van der Waals surface area (Å²) in [6.07, 6.45) is 0. The molecule has 8 aromatic rings. The number of esters is 2. The molecule has 0 aliphatic carbocycles. The van der Waals surface area contributed by atoms with Crippen LogP contribution in [0.2, 0.25) is 0 Å². The van der Waals surface area contributed by atoms with E-state index < -0.39 is 26.5 Å². The number of ether oxygens (including phenoxy) is 2. The predicted octanol–water partition coefficient (Wildman–Crippen LogP) is 8.96. The number of hydrogen-bond acceptors (Lipinski definition) is 9. The van der Waals surface area contributed by atoms with Gasteiger partial charge in [-0.2, -0.15) is 0 Å². The fourth-order valence-corrected chi connectivity index (χ4v) is 16.2. The molecule has 15 heteroatoms. The largest absolute Gasteiger partial charge is 0.813 e. The van der Waals surface area contributed by atoms with Gasteiger partial charge < -0.3 is 61.7 Å². The van der Waals surface area contributed by atoms with E-state index in [-0.39, 0.29) is 49.9 Å². The Morgan fingerprint density at radius 3 is 0.580 bits per heavy atom. The van der Waals surface area contributed by atoms with Gasteiger partial charge in [0.2, 0.25) is 0 Å². The smallest absolute Gasteiger partial charge is 0.144 e. The monoisotopic (exact) mass is 1280 g/mol. The van der Waals surface area contributed by atoms with Crippen molar-refractivity contribution in [1.82, 2.24) is 0 Å². The average molecular weight is 1280 g/mol. The third-order valence-electron chi connectivity index (χ3n) is 10.1. The van der Waals surface area contributed by atoms with Gasteiger partial charge in [-0.25, -0.2) is 9.59 Å². The maximum Gasteiger partial charge on any atom is 0.144 e. The van der Waals surface area contributed by atoms with E-state index in [2.05, 4.69) is 277 Å². The van der Waals surface area contributed by atoms with Crippen LogP contribution >= 0.6 is 34.7 Å². The van der Waals surface area contributed by atoms with Crippen molar-refractivity contribution < 1.29 is 55.4 Å². The van der Waals surface area contributed by atoms with Gasteiger partial charge in [0.25, 0.3) is 0 Å². The Balaban J connectivity index is 0.000000353. The third kappa shape index (κ3) is 16.0. The first kappa shape index (κ1) is 61.1. The Morgan fingerprint density at radius 2 is 0.478 bits per heavy atom. The number of rotatable bonds is 10. The zero-order chi connectivity index (χ0) is 48.3. The molecular weight excluding hydrogens is 1230 g/mol. The molecule has 0 saturated carbocycles. The molecule has 0 bridgehead atoms. The first-order chi connectivity index (χ1) is 32.8. The Hall–Kier alpha value is -3.97. The van der Waals surface area contributed by atoms with E-state index in [1.807, 2.05) is 0 Å². The molecule has 358 valence electrons. The van der Waals surface area contributed by atoms with Crippen LogP contribution < -0.4 is 42.4 Å². The summed E-state index contributed by atoms with van der Waals surface area (Å²) in [6.45, 7) is 0. The van der Waals surface area contributed by atoms with Crippen LogP contribution in [0.15, 0.2) is 252 Å². The summed E-state index contributed by atoms with van der Waals surface area (Å²) in [5, 5.41) is 11.1. The van der Waals surface area contributed by atoms with E-state index in [1.165, 1.54) is 42.4 Å². The number of methoxy groups -OCH3 is 2. The average Bonchev–Trinajstić information content (AvgIpc) is 3.42. The van der Waals surface area contributed by atoms with Crippen LogP contribution in [0.1, 0.15) is 0 Å². The molecule has 0 aliphatic rings. The summed E-state index contributed by atoms with van der Waals surface area (Å²) in [4.78, 5) is 20.8. The van der Waals surface area contributed by atoms with E-state index in [0.717, 1.165) is 14.2 Å². The SMILES string of the molecule is COC(=O)/C([S-])=C(/[S-])C(=O)OC.[Cl][Fe][Cl].[O]=[W].[SH-].[SH-].c1ccc([P+](c2ccccc2)(c2ccccc2)c2ccccc2)cc1.c1ccc([P+](c2ccccc2)(c2ccccc2)c2ccccc2)cc1. The molecule has 8 aromatic carbocycles. The minimum Gasteiger partial charge on any atom is -0.813 e. The summed E-state index contributed by atoms with van der Waals surface area (Å²) in [7, 11) is 8.01. The molecule has 0 N–H and O–H groups in total. The molecule has 0 spiro atoms. The second-order valence-corrected chi connectivity index (χ2v) is 23.2. The molecule has 0 fully saturated rings. The van der Waals surface area contributed by atoms with Gasteiger partial charge >= 0.3 is 68.4 Å². The van der Waals surface area contributed by atoms with Gasteiger partial charge in [-0.1, -0.05) is 146 Å². The summed E-state index contributed by atoms with van der Waals surface area (Å²) < 4.78 is 16.8. The van der Waals surface area contributed by atoms with Gasteiger partial charge in [0, 0.05) is 0 Å². The van der Waals surface area contributed by atoms with Crippen molar-refractivity contribution >= 4 is 141 Å². The number of carbonyl (C=O) groups excluding carboxylic acids is 2. The molecule has 0 aliphatic heterocycles. The minimum atomic E-state index is -1.91. The zero-order valence-corrected chi connectivity index (χ0v) is 48.0. The minimum absolute atomic E-state index is 0. The van der Waals surface area contributed by atoms with Crippen LogP contribution in [0.3, 0.4) is 0 Å². The van der Waals surface area contributed by atoms with Gasteiger partial charge in [-0.05, 0) is 97.1 Å². The van der Waals surface area contributed by atoms with Crippen molar-refractivity contribution in [3.05, 3.63) is 252 Å². The van der Waals surface area contributed by atoms with E-state index in [4.69, 9.17) is 23.6 Å². The maximum absolute atomic E-state index is 10.7. The normalized spacial score (nSPS) is 10.5. The molecule has 0 saturated heterocycles. The standard InChI is InChI=1S/2C24H20P.C6H8O4S2.2ClH.Fe.O.2H2S.W/c2*1-5-13-21(14-6-1)25(22-15-7-2-8-16-22,23-17-9-3-10-18-23)24-19-11-4-12-20-24;1-9-5(7)3(11)4(12)6(8)10-2;;;;;;;/h2*1-20H;11-12H,1-2H3;2*1H;;;2*1H2;/q2*+1;;;;+2;;;;/p-6/b;;4-3-;;;;;;;. The predicted molar refractivity (Wildman–Crippen MR) is 298 cm³/mol. The maximum atomic E-state index is 10.7. The molecule has 5 nitrogen and oxygen atoms in total. The van der Waals surface area contributed by atoms with Crippen molar-refractivity contribution in [3.8, 4) is 0 Å². The molecular formula is C54H48Cl2FeO5P2S4W-2. The zero-order valence-electron chi connectivity index (χ0n) is 37.3. The Morgan fingerprint density at radius 1 is 0.362 bits per heavy atom. The van der Waals surface area contributed by atoms with Crippen LogP contribution in [0.5, 0.6) is 0 Å². The Bertz CT molecular complexity index is 2180. The van der Waals surface area contributed by atoms with E-state index in [1.54, 1.807) is 0 Å². The van der Waals surface area contributed by atoms with E-state index in [0.29, 0.717) is 19.8 Å². The van der Waals surface area contributed by atoms with E-state index in [9.17, 15) is 9.59 Å². The fraction of sp³-hybridized carbons (Fsp3) is 0.0370. The summed E-state index contributed by atoms with van der Waals surface area (Å²) in [5.74, 6) is -1.61. The van der Waals surface area contributed by atoms with Crippen LogP contribution in [0.25, 0.3) is 0 Å². The molecule has 0 atom stereocenters. The third-order valence-corrected chi connectivity index (χ3v) is 19.5.